The molecule has 3 rings (SSSR count). The zero-order valence-electron chi connectivity index (χ0n) is 16.3. The highest BCUT2D eigenvalue weighted by Crippen LogP contribution is 2.18. The first-order chi connectivity index (χ1) is 13.2. The smallest absolute Gasteiger partial charge is 0.317 e. The summed E-state index contributed by atoms with van der Waals surface area (Å²) in [4.78, 5) is 29.1. The molecule has 3 amide bonds. The maximum absolute atomic E-state index is 12.8. The SMILES string of the molecule is CCOc1ccc(C(=O)N2CCCN(C(=O)NC3CCCCC3)CC2)cc1. The second-order valence-corrected chi connectivity index (χ2v) is 7.37. The van der Waals surface area contributed by atoms with E-state index < -0.39 is 0 Å². The van der Waals surface area contributed by atoms with E-state index in [2.05, 4.69) is 5.32 Å². The quantitative estimate of drug-likeness (QED) is 0.881. The summed E-state index contributed by atoms with van der Waals surface area (Å²) in [7, 11) is 0. The monoisotopic (exact) mass is 373 g/mol. The number of amides is 3. The Morgan fingerprint density at radius 3 is 2.33 bits per heavy atom. The van der Waals surface area contributed by atoms with E-state index in [9.17, 15) is 9.59 Å². The Hall–Kier alpha value is -2.24. The number of ether oxygens (including phenoxy) is 1. The molecular formula is C21H31N3O3. The number of rotatable bonds is 4. The minimum absolute atomic E-state index is 0.0209. The Labute approximate surface area is 161 Å². The van der Waals surface area contributed by atoms with Crippen molar-refractivity contribution in [2.45, 2.75) is 51.5 Å². The number of nitrogens with one attached hydrogen (secondary N) is 1. The van der Waals surface area contributed by atoms with Gasteiger partial charge in [-0.1, -0.05) is 19.3 Å². The van der Waals surface area contributed by atoms with Crippen LogP contribution in [0.25, 0.3) is 0 Å². The lowest BCUT2D eigenvalue weighted by Gasteiger charge is -2.27. The lowest BCUT2D eigenvalue weighted by molar-refractivity contribution is 0.0762. The van der Waals surface area contributed by atoms with Crippen LogP contribution in [0.3, 0.4) is 0 Å². The van der Waals surface area contributed by atoms with Gasteiger partial charge in [-0.05, 0) is 50.5 Å². The molecule has 0 atom stereocenters. The van der Waals surface area contributed by atoms with Gasteiger partial charge in [-0.25, -0.2) is 4.79 Å². The number of hydrogen-bond donors (Lipinski definition) is 1. The molecule has 0 bridgehead atoms. The van der Waals surface area contributed by atoms with Gasteiger partial charge in [0.2, 0.25) is 0 Å². The Bertz CT molecular complexity index is 626. The van der Waals surface area contributed by atoms with Crippen molar-refractivity contribution in [1.29, 1.82) is 0 Å². The molecule has 0 unspecified atom stereocenters. The van der Waals surface area contributed by atoms with E-state index in [1.807, 2.05) is 41.0 Å². The lowest BCUT2D eigenvalue weighted by atomic mass is 9.96. The predicted octanol–water partition coefficient (Wildman–Crippen LogP) is 3.28. The summed E-state index contributed by atoms with van der Waals surface area (Å²) >= 11 is 0. The average molecular weight is 373 g/mol. The molecule has 1 aliphatic heterocycles. The summed E-state index contributed by atoms with van der Waals surface area (Å²) in [5.41, 5.74) is 0.665. The van der Waals surface area contributed by atoms with E-state index in [0.717, 1.165) is 25.0 Å². The molecule has 2 aliphatic rings. The first-order valence-electron chi connectivity index (χ1n) is 10.2. The standard InChI is InChI=1S/C21H31N3O3/c1-2-27-19-11-9-17(10-12-19)20(25)23-13-6-14-24(16-15-23)21(26)22-18-7-4-3-5-8-18/h9-12,18H,2-8,13-16H2,1H3,(H,22,26). The van der Waals surface area contributed by atoms with Crippen molar-refractivity contribution >= 4 is 11.9 Å². The van der Waals surface area contributed by atoms with Crippen LogP contribution in [0.15, 0.2) is 24.3 Å². The summed E-state index contributed by atoms with van der Waals surface area (Å²) in [6.07, 6.45) is 6.66. The van der Waals surface area contributed by atoms with Gasteiger partial charge in [-0.15, -0.1) is 0 Å². The van der Waals surface area contributed by atoms with Crippen molar-refractivity contribution in [3.05, 3.63) is 29.8 Å². The van der Waals surface area contributed by atoms with E-state index >= 15 is 0 Å². The molecule has 0 aromatic heterocycles. The van der Waals surface area contributed by atoms with Crippen LogP contribution in [0.2, 0.25) is 0 Å². The second kappa shape index (κ2) is 9.62. The van der Waals surface area contributed by atoms with Crippen LogP contribution < -0.4 is 10.1 Å². The van der Waals surface area contributed by atoms with Crippen LogP contribution in [0, 0.1) is 0 Å². The van der Waals surface area contributed by atoms with Crippen molar-refractivity contribution in [2.24, 2.45) is 0 Å². The molecule has 1 saturated carbocycles. The minimum atomic E-state index is 0.0209. The Morgan fingerprint density at radius 1 is 0.963 bits per heavy atom. The van der Waals surface area contributed by atoms with E-state index in [4.69, 9.17) is 4.74 Å². The van der Waals surface area contributed by atoms with Gasteiger partial charge in [0.05, 0.1) is 6.61 Å². The van der Waals surface area contributed by atoms with Gasteiger partial charge in [-0.2, -0.15) is 0 Å². The number of nitrogens with zero attached hydrogens (tertiary/aromatic N) is 2. The Morgan fingerprint density at radius 2 is 1.63 bits per heavy atom. The van der Waals surface area contributed by atoms with Crippen molar-refractivity contribution in [1.82, 2.24) is 15.1 Å². The van der Waals surface area contributed by atoms with Gasteiger partial charge in [-0.3, -0.25) is 4.79 Å². The van der Waals surface area contributed by atoms with Crippen LogP contribution in [-0.4, -0.2) is 60.6 Å². The largest absolute Gasteiger partial charge is 0.494 e. The molecule has 1 N–H and O–H groups in total. The second-order valence-electron chi connectivity index (χ2n) is 7.37. The topological polar surface area (TPSA) is 61.9 Å². The third-order valence-electron chi connectivity index (χ3n) is 5.42. The predicted molar refractivity (Wildman–Crippen MR) is 105 cm³/mol. The molecule has 2 fully saturated rings. The van der Waals surface area contributed by atoms with E-state index in [-0.39, 0.29) is 11.9 Å². The minimum Gasteiger partial charge on any atom is -0.494 e. The number of urea groups is 1. The number of benzene rings is 1. The number of carbonyl (C=O) groups excluding carboxylic acids is 2. The molecular weight excluding hydrogens is 342 g/mol. The molecule has 0 spiro atoms. The van der Waals surface area contributed by atoms with Gasteiger partial charge in [0.15, 0.2) is 0 Å². The van der Waals surface area contributed by atoms with Crippen molar-refractivity contribution in [3.8, 4) is 5.75 Å². The third-order valence-corrected chi connectivity index (χ3v) is 5.42. The summed E-state index contributed by atoms with van der Waals surface area (Å²) in [5.74, 6) is 0.795. The number of carbonyl (C=O) groups is 2. The molecule has 27 heavy (non-hydrogen) atoms. The highest BCUT2D eigenvalue weighted by atomic mass is 16.5. The first kappa shape index (κ1) is 19.5. The molecule has 1 aromatic rings. The normalized spacial score (nSPS) is 18.7. The zero-order valence-corrected chi connectivity index (χ0v) is 16.3. The van der Waals surface area contributed by atoms with Crippen LogP contribution in [-0.2, 0) is 0 Å². The maximum Gasteiger partial charge on any atom is 0.317 e. The van der Waals surface area contributed by atoms with E-state index in [0.29, 0.717) is 44.4 Å². The summed E-state index contributed by atoms with van der Waals surface area (Å²) in [6, 6.07) is 7.63. The van der Waals surface area contributed by atoms with E-state index in [1.165, 1.54) is 19.3 Å². The fourth-order valence-corrected chi connectivity index (χ4v) is 3.88. The summed E-state index contributed by atoms with van der Waals surface area (Å²) in [5, 5.41) is 3.18. The van der Waals surface area contributed by atoms with Crippen molar-refractivity contribution in [3.63, 3.8) is 0 Å². The molecule has 1 saturated heterocycles. The fourth-order valence-electron chi connectivity index (χ4n) is 3.88. The van der Waals surface area contributed by atoms with Crippen LogP contribution in [0.4, 0.5) is 4.79 Å². The van der Waals surface area contributed by atoms with Gasteiger partial charge in [0.25, 0.3) is 5.91 Å². The van der Waals surface area contributed by atoms with Crippen LogP contribution >= 0.6 is 0 Å². The summed E-state index contributed by atoms with van der Waals surface area (Å²) < 4.78 is 5.43. The lowest BCUT2D eigenvalue weighted by Crippen LogP contribution is -2.46. The highest BCUT2D eigenvalue weighted by molar-refractivity contribution is 5.94. The van der Waals surface area contributed by atoms with Gasteiger partial charge in [0.1, 0.15) is 5.75 Å². The highest BCUT2D eigenvalue weighted by Gasteiger charge is 2.24. The molecule has 1 aliphatic carbocycles. The molecule has 6 nitrogen and oxygen atoms in total. The molecule has 0 radical (unpaired) electrons. The van der Waals surface area contributed by atoms with E-state index in [1.54, 1.807) is 0 Å². The molecule has 6 heteroatoms. The maximum atomic E-state index is 12.8. The van der Waals surface area contributed by atoms with Crippen molar-refractivity contribution in [2.75, 3.05) is 32.8 Å². The first-order valence-corrected chi connectivity index (χ1v) is 10.2. The Balaban J connectivity index is 1.52. The van der Waals surface area contributed by atoms with Crippen LogP contribution in [0.1, 0.15) is 55.8 Å². The third kappa shape index (κ3) is 5.37. The average Bonchev–Trinajstić information content (AvgIpc) is 2.95. The molecule has 1 heterocycles. The van der Waals surface area contributed by atoms with Gasteiger partial charge < -0.3 is 19.9 Å². The molecule has 148 valence electrons. The van der Waals surface area contributed by atoms with Gasteiger partial charge >= 0.3 is 6.03 Å². The number of hydrogen-bond acceptors (Lipinski definition) is 3. The summed E-state index contributed by atoms with van der Waals surface area (Å²) in [6.45, 7) is 5.08. The van der Waals surface area contributed by atoms with Gasteiger partial charge in [0, 0.05) is 37.8 Å². The molecule has 1 aromatic carbocycles. The Kier molecular flexibility index (Phi) is 6.96. The van der Waals surface area contributed by atoms with Crippen LogP contribution in [0.5, 0.6) is 5.75 Å². The zero-order chi connectivity index (χ0) is 19.1. The van der Waals surface area contributed by atoms with Crippen molar-refractivity contribution < 1.29 is 14.3 Å². The fraction of sp³-hybridized carbons (Fsp3) is 0.619.